The van der Waals surface area contributed by atoms with Gasteiger partial charge >= 0.3 is 0 Å². The van der Waals surface area contributed by atoms with E-state index in [4.69, 9.17) is 17.3 Å². The van der Waals surface area contributed by atoms with Gasteiger partial charge in [0.15, 0.2) is 0 Å². The van der Waals surface area contributed by atoms with E-state index in [0.29, 0.717) is 5.02 Å². The summed E-state index contributed by atoms with van der Waals surface area (Å²) in [6.07, 6.45) is 0. The lowest BCUT2D eigenvalue weighted by molar-refractivity contribution is 0.567. The van der Waals surface area contributed by atoms with Gasteiger partial charge in [0.2, 0.25) is 10.0 Å². The predicted octanol–water partition coefficient (Wildman–Crippen LogP) is 1.28. The molecular weight excluding hydrogens is 248 g/mol. The van der Waals surface area contributed by atoms with E-state index in [-0.39, 0.29) is 18.3 Å². The van der Waals surface area contributed by atoms with E-state index in [1.165, 1.54) is 0 Å². The zero-order valence-electron chi connectivity index (χ0n) is 8.98. The van der Waals surface area contributed by atoms with E-state index in [0.717, 1.165) is 5.56 Å². The Hall–Kier alpha value is -0.620. The van der Waals surface area contributed by atoms with Crippen LogP contribution in [-0.4, -0.2) is 20.7 Å². The molecule has 0 aliphatic heterocycles. The van der Waals surface area contributed by atoms with E-state index in [2.05, 4.69) is 4.72 Å². The minimum Gasteiger partial charge on any atom is -0.329 e. The molecule has 1 atom stereocenters. The predicted molar refractivity (Wildman–Crippen MR) is 65.8 cm³/mol. The first-order valence-corrected chi connectivity index (χ1v) is 6.93. The maximum atomic E-state index is 11.5. The number of sulfonamides is 1. The molecule has 16 heavy (non-hydrogen) atoms. The van der Waals surface area contributed by atoms with Gasteiger partial charge in [0.25, 0.3) is 0 Å². The first-order valence-electron chi connectivity index (χ1n) is 4.90. The first-order chi connectivity index (χ1) is 7.44. The van der Waals surface area contributed by atoms with Gasteiger partial charge in [-0.1, -0.05) is 23.7 Å². The van der Waals surface area contributed by atoms with Gasteiger partial charge < -0.3 is 5.73 Å². The van der Waals surface area contributed by atoms with Crippen LogP contribution in [0, 0.1) is 0 Å². The first kappa shape index (κ1) is 13.4. The Morgan fingerprint density at radius 1 is 1.50 bits per heavy atom. The molecule has 0 saturated heterocycles. The summed E-state index contributed by atoms with van der Waals surface area (Å²) < 4.78 is 25.5. The molecule has 0 saturated carbocycles. The fourth-order valence-electron chi connectivity index (χ4n) is 1.33. The summed E-state index contributed by atoms with van der Waals surface area (Å²) in [6.45, 7) is 1.87. The molecular formula is C10H15ClN2O2S. The molecule has 0 amide bonds. The second-order valence-electron chi connectivity index (χ2n) is 3.50. The molecule has 0 heterocycles. The highest BCUT2D eigenvalue weighted by Crippen LogP contribution is 2.17. The minimum atomic E-state index is -3.31. The van der Waals surface area contributed by atoms with Gasteiger partial charge in [0.05, 0.1) is 5.75 Å². The summed E-state index contributed by atoms with van der Waals surface area (Å²) >= 11 is 5.82. The van der Waals surface area contributed by atoms with Crippen molar-refractivity contribution in [3.8, 4) is 0 Å². The molecule has 1 unspecified atom stereocenters. The van der Waals surface area contributed by atoms with Gasteiger partial charge in [0.1, 0.15) is 0 Å². The third-order valence-corrected chi connectivity index (χ3v) is 3.81. The molecule has 1 rings (SSSR count). The molecule has 90 valence electrons. The van der Waals surface area contributed by atoms with E-state index in [9.17, 15) is 8.42 Å². The largest absolute Gasteiger partial charge is 0.329 e. The fraction of sp³-hybridized carbons (Fsp3) is 0.400. The molecule has 1 aromatic carbocycles. The number of rotatable bonds is 5. The number of benzene rings is 1. The summed E-state index contributed by atoms with van der Waals surface area (Å²) in [7, 11) is -3.31. The molecule has 0 aliphatic rings. The average molecular weight is 263 g/mol. The van der Waals surface area contributed by atoms with Crippen molar-refractivity contribution in [3.05, 3.63) is 34.9 Å². The lowest BCUT2D eigenvalue weighted by Gasteiger charge is -2.14. The number of nitrogens with two attached hydrogens (primary N) is 1. The van der Waals surface area contributed by atoms with Crippen LogP contribution in [0.1, 0.15) is 18.5 Å². The van der Waals surface area contributed by atoms with Crippen molar-refractivity contribution in [1.29, 1.82) is 0 Å². The zero-order valence-corrected chi connectivity index (χ0v) is 10.6. The van der Waals surface area contributed by atoms with Crippen LogP contribution >= 0.6 is 11.6 Å². The zero-order chi connectivity index (χ0) is 12.2. The number of hydrogen-bond donors (Lipinski definition) is 2. The monoisotopic (exact) mass is 262 g/mol. The van der Waals surface area contributed by atoms with Crippen LogP contribution in [-0.2, 0) is 10.0 Å². The summed E-state index contributed by atoms with van der Waals surface area (Å²) in [5.41, 5.74) is 6.04. The van der Waals surface area contributed by atoms with E-state index in [1.54, 1.807) is 25.1 Å². The number of hydrogen-bond acceptors (Lipinski definition) is 3. The van der Waals surface area contributed by atoms with Gasteiger partial charge in [-0.25, -0.2) is 13.1 Å². The molecule has 0 radical (unpaired) electrons. The van der Waals surface area contributed by atoms with E-state index >= 15 is 0 Å². The Morgan fingerprint density at radius 2 is 2.19 bits per heavy atom. The SMILES string of the molecule is CC(NS(=O)(=O)CCN)c1cccc(Cl)c1. The fourth-order valence-corrected chi connectivity index (χ4v) is 2.63. The average Bonchev–Trinajstić information content (AvgIpc) is 2.16. The topological polar surface area (TPSA) is 72.2 Å². The van der Waals surface area contributed by atoms with E-state index < -0.39 is 10.0 Å². The number of halogens is 1. The van der Waals surface area contributed by atoms with Gasteiger partial charge in [0, 0.05) is 17.6 Å². The Kier molecular flexibility index (Phi) is 4.73. The summed E-state index contributed by atoms with van der Waals surface area (Å²) in [6, 6.07) is 6.77. The van der Waals surface area contributed by atoms with E-state index in [1.807, 2.05) is 6.07 Å². The highest BCUT2D eigenvalue weighted by Gasteiger charge is 2.14. The van der Waals surface area contributed by atoms with Crippen molar-refractivity contribution < 1.29 is 8.42 Å². The van der Waals surface area contributed by atoms with Crippen LogP contribution in [0.15, 0.2) is 24.3 Å². The normalized spacial score (nSPS) is 13.7. The Balaban J connectivity index is 2.76. The van der Waals surface area contributed by atoms with Crippen molar-refractivity contribution in [1.82, 2.24) is 4.72 Å². The summed E-state index contributed by atoms with van der Waals surface area (Å²) in [5.74, 6) is -0.0715. The van der Waals surface area contributed by atoms with Gasteiger partial charge in [-0.15, -0.1) is 0 Å². The van der Waals surface area contributed by atoms with Crippen molar-refractivity contribution in [3.63, 3.8) is 0 Å². The third kappa shape index (κ3) is 4.09. The summed E-state index contributed by atoms with van der Waals surface area (Å²) in [5, 5.41) is 0.586. The lowest BCUT2D eigenvalue weighted by Crippen LogP contribution is -2.31. The number of nitrogens with one attached hydrogen (secondary N) is 1. The quantitative estimate of drug-likeness (QED) is 0.840. The molecule has 4 nitrogen and oxygen atoms in total. The Morgan fingerprint density at radius 3 is 2.75 bits per heavy atom. The van der Waals surface area contributed by atoms with Crippen molar-refractivity contribution in [2.75, 3.05) is 12.3 Å². The maximum absolute atomic E-state index is 11.5. The van der Waals surface area contributed by atoms with Crippen LogP contribution in [0.4, 0.5) is 0 Å². The summed E-state index contributed by atoms with van der Waals surface area (Å²) in [4.78, 5) is 0. The van der Waals surface area contributed by atoms with Gasteiger partial charge in [-0.3, -0.25) is 0 Å². The third-order valence-electron chi connectivity index (χ3n) is 2.09. The van der Waals surface area contributed by atoms with Gasteiger partial charge in [-0.05, 0) is 24.6 Å². The van der Waals surface area contributed by atoms with Crippen LogP contribution in [0.2, 0.25) is 5.02 Å². The van der Waals surface area contributed by atoms with Crippen LogP contribution < -0.4 is 10.5 Å². The highest BCUT2D eigenvalue weighted by molar-refractivity contribution is 7.89. The molecule has 3 N–H and O–H groups in total. The smallest absolute Gasteiger partial charge is 0.213 e. The van der Waals surface area contributed by atoms with Crippen molar-refractivity contribution in [2.24, 2.45) is 5.73 Å². The molecule has 0 spiro atoms. The maximum Gasteiger partial charge on any atom is 0.213 e. The van der Waals surface area contributed by atoms with Crippen LogP contribution in [0.25, 0.3) is 0 Å². The lowest BCUT2D eigenvalue weighted by atomic mass is 10.1. The van der Waals surface area contributed by atoms with Crippen LogP contribution in [0.3, 0.4) is 0 Å². The standard InChI is InChI=1S/C10H15ClN2O2S/c1-8(13-16(14,15)6-5-12)9-3-2-4-10(11)7-9/h2-4,7-8,13H,5-6,12H2,1H3. The highest BCUT2D eigenvalue weighted by atomic mass is 35.5. The van der Waals surface area contributed by atoms with Crippen molar-refractivity contribution >= 4 is 21.6 Å². The minimum absolute atomic E-state index is 0.0715. The van der Waals surface area contributed by atoms with Crippen LogP contribution in [0.5, 0.6) is 0 Å². The second kappa shape index (κ2) is 5.63. The molecule has 0 aliphatic carbocycles. The molecule has 0 fully saturated rings. The Bertz CT molecular complexity index is 448. The second-order valence-corrected chi connectivity index (χ2v) is 5.81. The molecule has 1 aromatic rings. The van der Waals surface area contributed by atoms with Crippen molar-refractivity contribution in [2.45, 2.75) is 13.0 Å². The molecule has 0 bridgehead atoms. The van der Waals surface area contributed by atoms with Gasteiger partial charge in [-0.2, -0.15) is 0 Å². The Labute approximate surface area is 101 Å². The molecule has 0 aromatic heterocycles. The molecule has 6 heteroatoms.